The molecule has 0 aliphatic heterocycles. The van der Waals surface area contributed by atoms with Gasteiger partial charge in [0.1, 0.15) is 0 Å². The fraction of sp³-hybridized carbons (Fsp3) is 0.294. The zero-order chi connectivity index (χ0) is 15.4. The van der Waals surface area contributed by atoms with Gasteiger partial charge in [-0.25, -0.2) is 0 Å². The van der Waals surface area contributed by atoms with Crippen LogP contribution in [0.4, 0.5) is 5.69 Å². The van der Waals surface area contributed by atoms with Gasteiger partial charge in [-0.2, -0.15) is 0 Å². The number of anilines is 1. The average molecular weight is 306 g/mol. The SMILES string of the molecule is COc1ccc(C(C)Nc2cc(Cl)ccc2C)cc1OC. The van der Waals surface area contributed by atoms with Crippen molar-refractivity contribution in [2.45, 2.75) is 19.9 Å². The molecule has 0 saturated heterocycles. The average Bonchev–Trinajstić information content (AvgIpc) is 2.50. The first kappa shape index (κ1) is 15.5. The summed E-state index contributed by atoms with van der Waals surface area (Å²) >= 11 is 6.06. The first-order valence-electron chi connectivity index (χ1n) is 6.79. The topological polar surface area (TPSA) is 30.5 Å². The zero-order valence-electron chi connectivity index (χ0n) is 12.7. The lowest BCUT2D eigenvalue weighted by Crippen LogP contribution is -2.08. The number of benzene rings is 2. The molecule has 2 aromatic carbocycles. The van der Waals surface area contributed by atoms with Gasteiger partial charge >= 0.3 is 0 Å². The second-order valence-electron chi connectivity index (χ2n) is 4.94. The molecule has 0 aliphatic rings. The summed E-state index contributed by atoms with van der Waals surface area (Å²) < 4.78 is 10.6. The maximum Gasteiger partial charge on any atom is 0.161 e. The normalized spacial score (nSPS) is 11.9. The van der Waals surface area contributed by atoms with E-state index in [0.717, 1.165) is 33.3 Å². The first-order valence-corrected chi connectivity index (χ1v) is 7.17. The fourth-order valence-corrected chi connectivity index (χ4v) is 2.36. The predicted octanol–water partition coefficient (Wildman–Crippen LogP) is 4.84. The van der Waals surface area contributed by atoms with E-state index in [1.807, 2.05) is 36.4 Å². The summed E-state index contributed by atoms with van der Waals surface area (Å²) in [4.78, 5) is 0. The van der Waals surface area contributed by atoms with Crippen LogP contribution in [0.15, 0.2) is 36.4 Å². The van der Waals surface area contributed by atoms with Crippen LogP contribution in [0.1, 0.15) is 24.1 Å². The molecule has 0 aromatic heterocycles. The van der Waals surface area contributed by atoms with E-state index in [1.54, 1.807) is 14.2 Å². The van der Waals surface area contributed by atoms with Gasteiger partial charge in [-0.05, 0) is 49.2 Å². The third kappa shape index (κ3) is 3.61. The van der Waals surface area contributed by atoms with E-state index in [4.69, 9.17) is 21.1 Å². The lowest BCUT2D eigenvalue weighted by atomic mass is 10.1. The van der Waals surface area contributed by atoms with Gasteiger partial charge in [0, 0.05) is 16.8 Å². The Hall–Kier alpha value is -1.87. The van der Waals surface area contributed by atoms with Crippen LogP contribution in [-0.2, 0) is 0 Å². The Bertz CT molecular complexity index is 628. The van der Waals surface area contributed by atoms with Crippen molar-refractivity contribution < 1.29 is 9.47 Å². The van der Waals surface area contributed by atoms with Crippen molar-refractivity contribution in [3.05, 3.63) is 52.5 Å². The molecule has 0 radical (unpaired) electrons. The van der Waals surface area contributed by atoms with Crippen LogP contribution in [0.3, 0.4) is 0 Å². The van der Waals surface area contributed by atoms with Gasteiger partial charge in [0.2, 0.25) is 0 Å². The summed E-state index contributed by atoms with van der Waals surface area (Å²) in [7, 11) is 3.27. The maximum absolute atomic E-state index is 6.06. The Labute approximate surface area is 130 Å². The van der Waals surface area contributed by atoms with Crippen molar-refractivity contribution in [2.24, 2.45) is 0 Å². The van der Waals surface area contributed by atoms with Crippen LogP contribution < -0.4 is 14.8 Å². The minimum absolute atomic E-state index is 0.127. The second-order valence-corrected chi connectivity index (χ2v) is 5.38. The van der Waals surface area contributed by atoms with E-state index in [1.165, 1.54) is 0 Å². The van der Waals surface area contributed by atoms with Gasteiger partial charge < -0.3 is 14.8 Å². The predicted molar refractivity (Wildman–Crippen MR) is 87.8 cm³/mol. The van der Waals surface area contributed by atoms with E-state index < -0.39 is 0 Å². The van der Waals surface area contributed by atoms with Crippen molar-refractivity contribution in [3.8, 4) is 11.5 Å². The minimum atomic E-state index is 0.127. The van der Waals surface area contributed by atoms with Crippen LogP contribution in [0.2, 0.25) is 5.02 Å². The van der Waals surface area contributed by atoms with Gasteiger partial charge in [-0.15, -0.1) is 0 Å². The molecule has 1 unspecified atom stereocenters. The van der Waals surface area contributed by atoms with Gasteiger partial charge in [0.15, 0.2) is 11.5 Å². The maximum atomic E-state index is 6.06. The largest absolute Gasteiger partial charge is 0.493 e. The number of nitrogens with one attached hydrogen (secondary N) is 1. The smallest absolute Gasteiger partial charge is 0.161 e. The van der Waals surface area contributed by atoms with E-state index in [9.17, 15) is 0 Å². The Morgan fingerprint density at radius 2 is 1.71 bits per heavy atom. The van der Waals surface area contributed by atoms with Gasteiger partial charge in [0.25, 0.3) is 0 Å². The van der Waals surface area contributed by atoms with E-state index >= 15 is 0 Å². The minimum Gasteiger partial charge on any atom is -0.493 e. The molecule has 0 spiro atoms. The highest BCUT2D eigenvalue weighted by atomic mass is 35.5. The van der Waals surface area contributed by atoms with Gasteiger partial charge in [-0.1, -0.05) is 23.7 Å². The van der Waals surface area contributed by atoms with Crippen LogP contribution in [-0.4, -0.2) is 14.2 Å². The summed E-state index contributed by atoms with van der Waals surface area (Å²) in [5.41, 5.74) is 3.31. The number of hydrogen-bond acceptors (Lipinski definition) is 3. The molecule has 0 saturated carbocycles. The fourth-order valence-electron chi connectivity index (χ4n) is 2.19. The van der Waals surface area contributed by atoms with Crippen LogP contribution in [0, 0.1) is 6.92 Å². The zero-order valence-corrected chi connectivity index (χ0v) is 13.5. The summed E-state index contributed by atoms with van der Waals surface area (Å²) in [6, 6.07) is 11.9. The highest BCUT2D eigenvalue weighted by Gasteiger charge is 2.11. The lowest BCUT2D eigenvalue weighted by Gasteiger charge is -2.19. The molecule has 0 fully saturated rings. The number of rotatable bonds is 5. The number of methoxy groups -OCH3 is 2. The number of aryl methyl sites for hydroxylation is 1. The first-order chi connectivity index (χ1) is 10.0. The molecule has 0 bridgehead atoms. The van der Waals surface area contributed by atoms with Crippen LogP contribution in [0.5, 0.6) is 11.5 Å². The molecule has 2 rings (SSSR count). The Balaban J connectivity index is 2.24. The Morgan fingerprint density at radius 3 is 2.38 bits per heavy atom. The molecule has 3 nitrogen and oxygen atoms in total. The van der Waals surface area contributed by atoms with Crippen molar-refractivity contribution in [1.29, 1.82) is 0 Å². The second kappa shape index (κ2) is 6.72. The molecule has 4 heteroatoms. The highest BCUT2D eigenvalue weighted by molar-refractivity contribution is 6.30. The molecule has 112 valence electrons. The molecule has 1 atom stereocenters. The summed E-state index contributed by atoms with van der Waals surface area (Å²) in [5, 5.41) is 4.20. The number of hydrogen-bond donors (Lipinski definition) is 1. The van der Waals surface area contributed by atoms with Crippen molar-refractivity contribution in [3.63, 3.8) is 0 Å². The molecule has 2 aromatic rings. The van der Waals surface area contributed by atoms with Gasteiger partial charge in [-0.3, -0.25) is 0 Å². The highest BCUT2D eigenvalue weighted by Crippen LogP contribution is 2.32. The molecule has 1 N–H and O–H groups in total. The standard InChI is InChI=1S/C17H20ClNO2/c1-11-5-7-14(18)10-15(11)19-12(2)13-6-8-16(20-3)17(9-13)21-4/h5-10,12,19H,1-4H3. The molecular weight excluding hydrogens is 286 g/mol. The monoisotopic (exact) mass is 305 g/mol. The van der Waals surface area contributed by atoms with E-state index in [2.05, 4.69) is 19.2 Å². The molecular formula is C17H20ClNO2. The number of ether oxygens (including phenoxy) is 2. The van der Waals surface area contributed by atoms with Crippen molar-refractivity contribution in [2.75, 3.05) is 19.5 Å². The third-order valence-corrected chi connectivity index (χ3v) is 3.71. The van der Waals surface area contributed by atoms with Crippen LogP contribution >= 0.6 is 11.6 Å². The Morgan fingerprint density at radius 1 is 1.00 bits per heavy atom. The summed E-state index contributed by atoms with van der Waals surface area (Å²) in [6.45, 7) is 4.15. The van der Waals surface area contributed by atoms with Crippen molar-refractivity contribution >= 4 is 17.3 Å². The molecule has 0 amide bonds. The number of halogens is 1. The third-order valence-electron chi connectivity index (χ3n) is 3.48. The van der Waals surface area contributed by atoms with Gasteiger partial charge in [0.05, 0.1) is 14.2 Å². The molecule has 0 aliphatic carbocycles. The van der Waals surface area contributed by atoms with Crippen molar-refractivity contribution in [1.82, 2.24) is 0 Å². The quantitative estimate of drug-likeness (QED) is 0.857. The Kier molecular flexibility index (Phi) is 4.97. The molecule has 0 heterocycles. The van der Waals surface area contributed by atoms with Crippen LogP contribution in [0.25, 0.3) is 0 Å². The lowest BCUT2D eigenvalue weighted by molar-refractivity contribution is 0.354. The summed E-state index contributed by atoms with van der Waals surface area (Å²) in [5.74, 6) is 1.46. The van der Waals surface area contributed by atoms with E-state index in [-0.39, 0.29) is 6.04 Å². The summed E-state index contributed by atoms with van der Waals surface area (Å²) in [6.07, 6.45) is 0. The molecule has 21 heavy (non-hydrogen) atoms. The van der Waals surface area contributed by atoms with E-state index in [0.29, 0.717) is 0 Å².